The zero-order chi connectivity index (χ0) is 17.7. The predicted molar refractivity (Wildman–Crippen MR) is 94.3 cm³/mol. The molecule has 0 aliphatic carbocycles. The van der Waals surface area contributed by atoms with Crippen molar-refractivity contribution in [2.24, 2.45) is 5.92 Å². The van der Waals surface area contributed by atoms with Gasteiger partial charge in [-0.1, -0.05) is 51.1 Å². The Labute approximate surface area is 141 Å². The molecule has 1 aromatic carbocycles. The van der Waals surface area contributed by atoms with Crippen LogP contribution in [0.4, 0.5) is 0 Å². The van der Waals surface area contributed by atoms with Crippen molar-refractivity contribution in [3.05, 3.63) is 35.9 Å². The van der Waals surface area contributed by atoms with Crippen LogP contribution >= 0.6 is 0 Å². The molecule has 0 spiro atoms. The van der Waals surface area contributed by atoms with Crippen LogP contribution in [0.3, 0.4) is 0 Å². The molecule has 0 amide bonds. The second-order valence-corrected chi connectivity index (χ2v) is 12.0. The van der Waals surface area contributed by atoms with Crippen LogP contribution in [0.1, 0.15) is 46.3 Å². The van der Waals surface area contributed by atoms with Gasteiger partial charge in [0.1, 0.15) is 6.10 Å². The minimum atomic E-state index is -2.07. The molecule has 23 heavy (non-hydrogen) atoms. The number of carbonyl (C=O) groups excluding carboxylic acids is 1. The molecule has 0 aromatic heterocycles. The highest BCUT2D eigenvalue weighted by Gasteiger charge is 2.40. The summed E-state index contributed by atoms with van der Waals surface area (Å²) in [6.45, 7) is 14.6. The van der Waals surface area contributed by atoms with Crippen LogP contribution in [0.15, 0.2) is 30.3 Å². The fourth-order valence-electron chi connectivity index (χ4n) is 1.76. The quantitative estimate of drug-likeness (QED) is 0.308. The van der Waals surface area contributed by atoms with E-state index >= 15 is 0 Å². The van der Waals surface area contributed by atoms with Gasteiger partial charge in [0.2, 0.25) is 8.32 Å². The lowest BCUT2D eigenvalue weighted by Gasteiger charge is -2.36. The van der Waals surface area contributed by atoms with Crippen molar-refractivity contribution in [2.45, 2.75) is 58.9 Å². The van der Waals surface area contributed by atoms with Crippen molar-refractivity contribution in [1.29, 1.82) is 0 Å². The van der Waals surface area contributed by atoms with E-state index in [1.165, 1.54) is 0 Å². The van der Waals surface area contributed by atoms with Crippen LogP contribution in [0.25, 0.3) is 0 Å². The van der Waals surface area contributed by atoms with Crippen LogP contribution in [0.5, 0.6) is 0 Å². The maximum Gasteiger partial charge on any atom is 0.311 e. The highest BCUT2D eigenvalue weighted by atomic mass is 28.4. The number of rotatable bonds is 7. The van der Waals surface area contributed by atoms with Gasteiger partial charge < -0.3 is 4.74 Å². The Morgan fingerprint density at radius 2 is 1.74 bits per heavy atom. The number of ether oxygens (including phenoxy) is 1. The summed E-state index contributed by atoms with van der Waals surface area (Å²) in [7, 11) is -2.07. The summed E-state index contributed by atoms with van der Waals surface area (Å²) in [5.41, 5.74) is 0.909. The van der Waals surface area contributed by atoms with Crippen molar-refractivity contribution < 1.29 is 19.0 Å². The third-order valence-corrected chi connectivity index (χ3v) is 8.53. The molecule has 0 fully saturated rings. The fraction of sp³-hybridized carbons (Fsp3) is 0.611. The maximum absolute atomic E-state index is 12.1. The first-order valence-electron chi connectivity index (χ1n) is 8.16. The Balaban J connectivity index is 2.95. The molecule has 0 N–H and O–H groups in total. The van der Waals surface area contributed by atoms with E-state index < -0.39 is 20.3 Å². The lowest BCUT2D eigenvalue weighted by molar-refractivity contribution is -0.273. The van der Waals surface area contributed by atoms with Crippen LogP contribution in [0.2, 0.25) is 18.1 Å². The van der Waals surface area contributed by atoms with Gasteiger partial charge >= 0.3 is 5.97 Å². The SMILES string of the molecule is CCOC(=O)[C@H](C)[C@@H](OO[Si](C)(C)C(C)(C)C)c1ccccc1. The van der Waals surface area contributed by atoms with E-state index in [0.717, 1.165) is 5.56 Å². The third kappa shape index (κ3) is 5.44. The molecule has 4 nitrogen and oxygen atoms in total. The zero-order valence-corrected chi connectivity index (χ0v) is 16.4. The minimum absolute atomic E-state index is 0.0292. The van der Waals surface area contributed by atoms with Crippen LogP contribution in [-0.2, 0) is 19.0 Å². The number of carbonyl (C=O) groups is 1. The largest absolute Gasteiger partial charge is 0.466 e. The Hall–Kier alpha value is -1.17. The molecule has 0 unspecified atom stereocenters. The normalized spacial score (nSPS) is 15.1. The number of hydrogen-bond donors (Lipinski definition) is 0. The summed E-state index contributed by atoms with van der Waals surface area (Å²) in [5, 5.41) is 0.0292. The number of esters is 1. The molecular formula is C18H30O4Si. The summed E-state index contributed by atoms with van der Waals surface area (Å²) < 4.78 is 11.0. The zero-order valence-electron chi connectivity index (χ0n) is 15.4. The van der Waals surface area contributed by atoms with Gasteiger partial charge in [0.05, 0.1) is 12.5 Å². The summed E-state index contributed by atoms with van der Waals surface area (Å²) in [6.07, 6.45) is -0.482. The Kier molecular flexibility index (Phi) is 6.98. The molecule has 0 saturated carbocycles. The van der Waals surface area contributed by atoms with Crippen molar-refractivity contribution in [2.75, 3.05) is 6.61 Å². The van der Waals surface area contributed by atoms with Gasteiger partial charge in [-0.3, -0.25) is 9.37 Å². The molecule has 1 aromatic rings. The summed E-state index contributed by atoms with van der Waals surface area (Å²) >= 11 is 0. The molecule has 2 atom stereocenters. The summed E-state index contributed by atoms with van der Waals surface area (Å²) in [6, 6.07) is 9.67. The average molecular weight is 339 g/mol. The van der Waals surface area contributed by atoms with Crippen molar-refractivity contribution in [3.8, 4) is 0 Å². The van der Waals surface area contributed by atoms with Crippen molar-refractivity contribution in [3.63, 3.8) is 0 Å². The maximum atomic E-state index is 12.1. The molecule has 5 heteroatoms. The van der Waals surface area contributed by atoms with E-state index in [4.69, 9.17) is 14.2 Å². The van der Waals surface area contributed by atoms with Crippen LogP contribution in [0, 0.1) is 5.92 Å². The summed E-state index contributed by atoms with van der Waals surface area (Å²) in [4.78, 5) is 17.9. The van der Waals surface area contributed by atoms with E-state index in [1.54, 1.807) is 6.92 Å². The first-order valence-corrected chi connectivity index (χ1v) is 11.1. The third-order valence-electron chi connectivity index (χ3n) is 4.41. The number of benzene rings is 1. The Morgan fingerprint density at radius 3 is 2.22 bits per heavy atom. The van der Waals surface area contributed by atoms with Gasteiger partial charge in [0, 0.05) is 0 Å². The molecule has 0 heterocycles. The molecule has 0 bridgehead atoms. The molecule has 1 rings (SSSR count). The van der Waals surface area contributed by atoms with Crippen molar-refractivity contribution in [1.82, 2.24) is 0 Å². The highest BCUT2D eigenvalue weighted by molar-refractivity contribution is 6.73. The standard InChI is InChI=1S/C18H30O4Si/c1-8-20-17(19)14(2)16(15-12-10-9-11-13-15)21-22-23(6,7)18(3,4)5/h9-14,16H,8H2,1-7H3/t14-,16-/m1/s1. The minimum Gasteiger partial charge on any atom is -0.466 e. The van der Waals surface area contributed by atoms with E-state index in [1.807, 2.05) is 37.3 Å². The van der Waals surface area contributed by atoms with Gasteiger partial charge in [0.15, 0.2) is 0 Å². The highest BCUT2D eigenvalue weighted by Crippen LogP contribution is 2.38. The monoisotopic (exact) mass is 338 g/mol. The van der Waals surface area contributed by atoms with Gasteiger partial charge in [0.25, 0.3) is 0 Å². The fourth-order valence-corrected chi connectivity index (χ4v) is 2.36. The van der Waals surface area contributed by atoms with Gasteiger partial charge in [-0.05, 0) is 37.5 Å². The lowest BCUT2D eigenvalue weighted by Crippen LogP contribution is -2.41. The smallest absolute Gasteiger partial charge is 0.311 e. The van der Waals surface area contributed by atoms with E-state index in [2.05, 4.69) is 33.9 Å². The molecular weight excluding hydrogens is 308 g/mol. The van der Waals surface area contributed by atoms with E-state index in [0.29, 0.717) is 6.61 Å². The topological polar surface area (TPSA) is 44.8 Å². The average Bonchev–Trinajstić information content (AvgIpc) is 2.47. The number of hydrogen-bond acceptors (Lipinski definition) is 4. The van der Waals surface area contributed by atoms with Gasteiger partial charge in [-0.25, -0.2) is 4.89 Å². The first kappa shape index (κ1) is 19.9. The van der Waals surface area contributed by atoms with Gasteiger partial charge in [-0.15, -0.1) is 0 Å². The Morgan fingerprint density at radius 1 is 1.17 bits per heavy atom. The van der Waals surface area contributed by atoms with Crippen LogP contribution in [-0.4, -0.2) is 20.9 Å². The molecule has 130 valence electrons. The summed E-state index contributed by atoms with van der Waals surface area (Å²) in [5.74, 6) is -0.720. The van der Waals surface area contributed by atoms with E-state index in [9.17, 15) is 4.79 Å². The molecule has 0 aliphatic rings. The lowest BCUT2D eigenvalue weighted by atomic mass is 9.97. The van der Waals surface area contributed by atoms with Gasteiger partial charge in [-0.2, -0.15) is 0 Å². The second kappa shape index (κ2) is 8.08. The van der Waals surface area contributed by atoms with E-state index in [-0.39, 0.29) is 11.0 Å². The second-order valence-electron chi connectivity index (χ2n) is 7.31. The predicted octanol–water partition coefficient (Wildman–Crippen LogP) is 4.88. The first-order chi connectivity index (χ1) is 10.6. The van der Waals surface area contributed by atoms with Crippen LogP contribution < -0.4 is 0 Å². The molecule has 0 radical (unpaired) electrons. The molecule has 0 saturated heterocycles. The Bertz CT molecular complexity index is 493. The van der Waals surface area contributed by atoms with Crippen molar-refractivity contribution >= 4 is 14.3 Å². The molecule has 0 aliphatic heterocycles.